The van der Waals surface area contributed by atoms with Crippen molar-refractivity contribution in [3.05, 3.63) is 47.8 Å². The third kappa shape index (κ3) is 4.11. The quantitative estimate of drug-likeness (QED) is 0.824. The lowest BCUT2D eigenvalue weighted by Gasteiger charge is -2.11. The molecule has 1 aromatic carbocycles. The van der Waals surface area contributed by atoms with E-state index in [4.69, 9.17) is 5.73 Å². The highest BCUT2D eigenvalue weighted by Gasteiger charge is 2.09. The third-order valence-electron chi connectivity index (χ3n) is 3.07. The van der Waals surface area contributed by atoms with Crippen LogP contribution in [0.1, 0.15) is 18.3 Å². The minimum atomic E-state index is 0.158. The standard InChI is InChI=1S/C15H21N3S/c1-3-13-10-14(18(2)17-13)9-12(16)11-19-15-7-5-4-6-8-15/h4-8,10,12H,3,9,11,16H2,1-2H3. The molecule has 1 heterocycles. The van der Waals surface area contributed by atoms with Crippen LogP contribution in [0.4, 0.5) is 0 Å². The van der Waals surface area contributed by atoms with Crippen molar-refractivity contribution in [1.82, 2.24) is 9.78 Å². The molecular weight excluding hydrogens is 254 g/mol. The van der Waals surface area contributed by atoms with E-state index in [0.717, 1.165) is 24.3 Å². The predicted octanol–water partition coefficient (Wildman–Crippen LogP) is 2.64. The van der Waals surface area contributed by atoms with Crippen molar-refractivity contribution >= 4 is 11.8 Å². The first-order valence-electron chi connectivity index (χ1n) is 6.64. The molecule has 0 saturated carbocycles. The fourth-order valence-electron chi connectivity index (χ4n) is 1.98. The molecule has 0 aliphatic rings. The Morgan fingerprint density at radius 3 is 2.68 bits per heavy atom. The number of aromatic nitrogens is 2. The molecule has 0 saturated heterocycles. The van der Waals surface area contributed by atoms with Gasteiger partial charge in [-0.15, -0.1) is 11.8 Å². The Bertz CT molecular complexity index is 507. The Labute approximate surface area is 119 Å². The Balaban J connectivity index is 1.87. The van der Waals surface area contributed by atoms with Crippen LogP contribution < -0.4 is 5.73 Å². The molecule has 0 bridgehead atoms. The zero-order valence-corrected chi connectivity index (χ0v) is 12.4. The molecule has 19 heavy (non-hydrogen) atoms. The van der Waals surface area contributed by atoms with Crippen molar-refractivity contribution in [2.45, 2.75) is 30.7 Å². The second-order valence-corrected chi connectivity index (χ2v) is 5.79. The highest BCUT2D eigenvalue weighted by atomic mass is 32.2. The van der Waals surface area contributed by atoms with Crippen LogP contribution in [0.25, 0.3) is 0 Å². The maximum absolute atomic E-state index is 6.21. The van der Waals surface area contributed by atoms with Gasteiger partial charge in [-0.1, -0.05) is 25.1 Å². The van der Waals surface area contributed by atoms with Crippen LogP contribution in [0.5, 0.6) is 0 Å². The van der Waals surface area contributed by atoms with E-state index in [1.807, 2.05) is 29.6 Å². The maximum Gasteiger partial charge on any atom is 0.0624 e. The van der Waals surface area contributed by atoms with Crippen LogP contribution in [-0.4, -0.2) is 21.6 Å². The smallest absolute Gasteiger partial charge is 0.0624 e. The molecule has 0 spiro atoms. The minimum absolute atomic E-state index is 0.158. The number of aryl methyl sites for hydroxylation is 2. The minimum Gasteiger partial charge on any atom is -0.327 e. The lowest BCUT2D eigenvalue weighted by Crippen LogP contribution is -2.26. The van der Waals surface area contributed by atoms with Crippen molar-refractivity contribution in [3.8, 4) is 0 Å². The molecule has 0 fully saturated rings. The summed E-state index contributed by atoms with van der Waals surface area (Å²) in [5, 5.41) is 4.45. The molecule has 1 unspecified atom stereocenters. The summed E-state index contributed by atoms with van der Waals surface area (Å²) in [5.41, 5.74) is 8.57. The Kier molecular flexibility index (Phi) is 5.05. The average Bonchev–Trinajstić information content (AvgIpc) is 2.78. The zero-order chi connectivity index (χ0) is 13.7. The Morgan fingerprint density at radius 2 is 2.05 bits per heavy atom. The molecule has 102 valence electrons. The molecule has 3 nitrogen and oxygen atoms in total. The SMILES string of the molecule is CCc1cc(CC(N)CSc2ccccc2)n(C)n1. The molecule has 2 N–H and O–H groups in total. The van der Waals surface area contributed by atoms with Gasteiger partial charge in [-0.2, -0.15) is 5.10 Å². The summed E-state index contributed by atoms with van der Waals surface area (Å²) in [7, 11) is 1.99. The number of thioether (sulfide) groups is 1. The molecule has 0 aliphatic carbocycles. The number of hydrogen-bond donors (Lipinski definition) is 1. The number of benzene rings is 1. The second kappa shape index (κ2) is 6.78. The molecule has 4 heteroatoms. The first kappa shape index (κ1) is 14.2. The van der Waals surface area contributed by atoms with Gasteiger partial charge in [0.15, 0.2) is 0 Å². The molecular formula is C15H21N3S. The van der Waals surface area contributed by atoms with Crippen molar-refractivity contribution in [2.24, 2.45) is 12.8 Å². The highest BCUT2D eigenvalue weighted by Crippen LogP contribution is 2.18. The molecule has 0 amide bonds. The van der Waals surface area contributed by atoms with Gasteiger partial charge in [0.05, 0.1) is 5.69 Å². The summed E-state index contributed by atoms with van der Waals surface area (Å²) >= 11 is 1.81. The van der Waals surface area contributed by atoms with Crippen LogP contribution in [0, 0.1) is 0 Å². The van der Waals surface area contributed by atoms with E-state index < -0.39 is 0 Å². The van der Waals surface area contributed by atoms with E-state index >= 15 is 0 Å². The first-order valence-corrected chi connectivity index (χ1v) is 7.62. The van der Waals surface area contributed by atoms with Gasteiger partial charge >= 0.3 is 0 Å². The van der Waals surface area contributed by atoms with Crippen LogP contribution in [0.15, 0.2) is 41.3 Å². The summed E-state index contributed by atoms with van der Waals surface area (Å²) in [6.45, 7) is 2.12. The lowest BCUT2D eigenvalue weighted by molar-refractivity contribution is 0.650. The zero-order valence-electron chi connectivity index (χ0n) is 11.5. The summed E-state index contributed by atoms with van der Waals surface area (Å²) in [5.74, 6) is 0.927. The van der Waals surface area contributed by atoms with Gasteiger partial charge in [-0.3, -0.25) is 4.68 Å². The van der Waals surface area contributed by atoms with Crippen molar-refractivity contribution < 1.29 is 0 Å². The molecule has 0 aliphatic heterocycles. The van der Waals surface area contributed by atoms with Gasteiger partial charge in [0.25, 0.3) is 0 Å². The largest absolute Gasteiger partial charge is 0.327 e. The molecule has 0 radical (unpaired) electrons. The van der Waals surface area contributed by atoms with Crippen LogP contribution in [-0.2, 0) is 19.9 Å². The van der Waals surface area contributed by atoms with E-state index in [9.17, 15) is 0 Å². The Hall–Kier alpha value is -1.26. The molecule has 1 aromatic heterocycles. The maximum atomic E-state index is 6.21. The number of nitrogens with two attached hydrogens (primary N) is 1. The van der Waals surface area contributed by atoms with Crippen molar-refractivity contribution in [3.63, 3.8) is 0 Å². The van der Waals surface area contributed by atoms with Gasteiger partial charge in [-0.25, -0.2) is 0 Å². The van der Waals surface area contributed by atoms with E-state index in [2.05, 4.69) is 42.4 Å². The number of rotatable bonds is 6. The average molecular weight is 275 g/mol. The highest BCUT2D eigenvalue weighted by molar-refractivity contribution is 7.99. The van der Waals surface area contributed by atoms with Crippen LogP contribution in [0.2, 0.25) is 0 Å². The van der Waals surface area contributed by atoms with Crippen LogP contribution in [0.3, 0.4) is 0 Å². The van der Waals surface area contributed by atoms with E-state index in [1.54, 1.807) is 0 Å². The van der Waals surface area contributed by atoms with Gasteiger partial charge in [0.1, 0.15) is 0 Å². The van der Waals surface area contributed by atoms with E-state index in [0.29, 0.717) is 0 Å². The fraction of sp³-hybridized carbons (Fsp3) is 0.400. The molecule has 1 atom stereocenters. The van der Waals surface area contributed by atoms with Gasteiger partial charge in [-0.05, 0) is 24.6 Å². The van der Waals surface area contributed by atoms with E-state index in [-0.39, 0.29) is 6.04 Å². The first-order chi connectivity index (χ1) is 9.19. The van der Waals surface area contributed by atoms with Crippen molar-refractivity contribution in [2.75, 3.05) is 5.75 Å². The van der Waals surface area contributed by atoms with E-state index in [1.165, 1.54) is 10.6 Å². The lowest BCUT2D eigenvalue weighted by atomic mass is 10.2. The molecule has 2 aromatic rings. The number of nitrogens with zero attached hydrogens (tertiary/aromatic N) is 2. The summed E-state index contributed by atoms with van der Waals surface area (Å²) in [6.07, 6.45) is 1.85. The summed E-state index contributed by atoms with van der Waals surface area (Å²) in [6, 6.07) is 12.7. The van der Waals surface area contributed by atoms with Crippen molar-refractivity contribution in [1.29, 1.82) is 0 Å². The van der Waals surface area contributed by atoms with Gasteiger partial charge < -0.3 is 5.73 Å². The predicted molar refractivity (Wildman–Crippen MR) is 81.4 cm³/mol. The third-order valence-corrected chi connectivity index (χ3v) is 4.27. The van der Waals surface area contributed by atoms with Crippen LogP contribution >= 0.6 is 11.8 Å². The Morgan fingerprint density at radius 1 is 1.32 bits per heavy atom. The fourth-order valence-corrected chi connectivity index (χ4v) is 2.86. The summed E-state index contributed by atoms with van der Waals surface area (Å²) < 4.78 is 1.95. The molecule has 2 rings (SSSR count). The second-order valence-electron chi connectivity index (χ2n) is 4.69. The van der Waals surface area contributed by atoms with Gasteiger partial charge in [0.2, 0.25) is 0 Å². The summed E-state index contributed by atoms with van der Waals surface area (Å²) in [4.78, 5) is 1.28. The van der Waals surface area contributed by atoms with Gasteiger partial charge in [0, 0.05) is 35.9 Å². The number of hydrogen-bond acceptors (Lipinski definition) is 3. The topological polar surface area (TPSA) is 43.8 Å². The normalized spacial score (nSPS) is 12.6. The monoisotopic (exact) mass is 275 g/mol.